The molecule has 1 saturated heterocycles. The number of hydrogen-bond acceptors (Lipinski definition) is 5. The molecule has 7 heteroatoms. The minimum absolute atomic E-state index is 0.207. The fourth-order valence-electron chi connectivity index (χ4n) is 3.25. The normalized spacial score (nSPS) is 17.0. The van der Waals surface area contributed by atoms with E-state index in [1.165, 1.54) is 5.56 Å². The molecule has 2 aliphatic rings. The molecule has 0 bridgehead atoms. The van der Waals surface area contributed by atoms with E-state index < -0.39 is 0 Å². The Morgan fingerprint density at radius 1 is 1.12 bits per heavy atom. The first kappa shape index (κ1) is 16.0. The topological polar surface area (TPSA) is 59.8 Å². The number of ether oxygens (including phenoxy) is 2. The molecule has 1 fully saturated rings. The number of carbonyl (C=O) groups is 1. The average Bonchev–Trinajstić information content (AvgIpc) is 3.31. The van der Waals surface area contributed by atoms with Crippen LogP contribution < -0.4 is 9.47 Å². The molecule has 7 nitrogen and oxygen atoms in total. The fourth-order valence-corrected chi connectivity index (χ4v) is 3.25. The highest BCUT2D eigenvalue weighted by Crippen LogP contribution is 2.32. The zero-order valence-electron chi connectivity index (χ0n) is 14.1. The Bertz CT molecular complexity index is 724. The molecule has 1 aromatic carbocycles. The van der Waals surface area contributed by atoms with E-state index in [1.54, 1.807) is 10.9 Å². The van der Waals surface area contributed by atoms with Crippen LogP contribution in [0.4, 0.5) is 0 Å². The van der Waals surface area contributed by atoms with Crippen LogP contribution in [0.3, 0.4) is 0 Å². The van der Waals surface area contributed by atoms with Crippen molar-refractivity contribution in [2.45, 2.75) is 19.5 Å². The van der Waals surface area contributed by atoms with E-state index >= 15 is 0 Å². The molecule has 132 valence electrons. The van der Waals surface area contributed by atoms with Crippen LogP contribution in [0.1, 0.15) is 12.0 Å². The Labute approximate surface area is 146 Å². The SMILES string of the molecule is O=C(CCn1cccn1)N1CCN(Cc2ccc3c(c2)OCO3)CC1. The van der Waals surface area contributed by atoms with Crippen LogP contribution in [0.5, 0.6) is 11.5 Å². The number of hydrogen-bond donors (Lipinski definition) is 0. The van der Waals surface area contributed by atoms with E-state index in [1.807, 2.05) is 29.3 Å². The lowest BCUT2D eigenvalue weighted by atomic mass is 10.1. The van der Waals surface area contributed by atoms with Crippen molar-refractivity contribution in [1.82, 2.24) is 19.6 Å². The van der Waals surface area contributed by atoms with Gasteiger partial charge in [-0.3, -0.25) is 14.4 Å². The molecule has 0 N–H and O–H groups in total. The fraction of sp³-hybridized carbons (Fsp3) is 0.444. The lowest BCUT2D eigenvalue weighted by Gasteiger charge is -2.34. The third-order valence-corrected chi connectivity index (χ3v) is 4.68. The van der Waals surface area contributed by atoms with Gasteiger partial charge in [-0.1, -0.05) is 6.07 Å². The second-order valence-electron chi connectivity index (χ2n) is 6.36. The van der Waals surface area contributed by atoms with Gasteiger partial charge in [0.15, 0.2) is 11.5 Å². The van der Waals surface area contributed by atoms with Gasteiger partial charge in [-0.05, 0) is 23.8 Å². The van der Waals surface area contributed by atoms with Crippen LogP contribution in [0, 0.1) is 0 Å². The Hall–Kier alpha value is -2.54. The number of aromatic nitrogens is 2. The maximum absolute atomic E-state index is 12.3. The number of nitrogens with zero attached hydrogens (tertiary/aromatic N) is 4. The highest BCUT2D eigenvalue weighted by Gasteiger charge is 2.21. The van der Waals surface area contributed by atoms with E-state index in [-0.39, 0.29) is 5.91 Å². The van der Waals surface area contributed by atoms with Gasteiger partial charge in [0, 0.05) is 58.1 Å². The molecule has 0 unspecified atom stereocenters. The van der Waals surface area contributed by atoms with Crippen LogP contribution >= 0.6 is 0 Å². The third kappa shape index (κ3) is 3.76. The molecule has 0 spiro atoms. The van der Waals surface area contributed by atoms with Crippen molar-refractivity contribution in [2.75, 3.05) is 33.0 Å². The molecule has 1 amide bonds. The molecule has 2 aromatic rings. The van der Waals surface area contributed by atoms with Crippen LogP contribution in [-0.2, 0) is 17.9 Å². The summed E-state index contributed by atoms with van der Waals surface area (Å²) < 4.78 is 12.6. The second kappa shape index (κ2) is 7.14. The highest BCUT2D eigenvalue weighted by molar-refractivity contribution is 5.76. The van der Waals surface area contributed by atoms with Crippen molar-refractivity contribution in [1.29, 1.82) is 0 Å². The first-order valence-corrected chi connectivity index (χ1v) is 8.64. The van der Waals surface area contributed by atoms with Gasteiger partial charge >= 0.3 is 0 Å². The van der Waals surface area contributed by atoms with E-state index in [4.69, 9.17) is 9.47 Å². The summed E-state index contributed by atoms with van der Waals surface area (Å²) in [5.74, 6) is 1.85. The van der Waals surface area contributed by atoms with Crippen molar-refractivity contribution >= 4 is 5.91 Å². The van der Waals surface area contributed by atoms with Gasteiger partial charge in [0.25, 0.3) is 0 Å². The molecule has 0 aliphatic carbocycles. The van der Waals surface area contributed by atoms with Gasteiger partial charge in [0.2, 0.25) is 12.7 Å². The summed E-state index contributed by atoms with van der Waals surface area (Å²) in [6, 6.07) is 7.96. The van der Waals surface area contributed by atoms with Crippen molar-refractivity contribution in [2.24, 2.45) is 0 Å². The van der Waals surface area contributed by atoms with Gasteiger partial charge in [-0.25, -0.2) is 0 Å². The van der Waals surface area contributed by atoms with Crippen molar-refractivity contribution in [3.05, 3.63) is 42.2 Å². The molecular formula is C18H22N4O3. The quantitative estimate of drug-likeness (QED) is 0.821. The zero-order valence-corrected chi connectivity index (χ0v) is 14.1. The number of fused-ring (bicyclic) bond motifs is 1. The summed E-state index contributed by atoms with van der Waals surface area (Å²) in [6.45, 7) is 5.15. The largest absolute Gasteiger partial charge is 0.454 e. The second-order valence-corrected chi connectivity index (χ2v) is 6.36. The molecule has 0 saturated carbocycles. The number of aryl methyl sites for hydroxylation is 1. The van der Waals surface area contributed by atoms with Crippen LogP contribution in [-0.4, -0.2) is 58.5 Å². The molecule has 0 radical (unpaired) electrons. The van der Waals surface area contributed by atoms with Crippen molar-refractivity contribution in [3.63, 3.8) is 0 Å². The average molecular weight is 342 g/mol. The van der Waals surface area contributed by atoms with Crippen LogP contribution in [0.2, 0.25) is 0 Å². The predicted molar refractivity (Wildman–Crippen MR) is 91.3 cm³/mol. The molecule has 0 atom stereocenters. The zero-order chi connectivity index (χ0) is 17.1. The minimum Gasteiger partial charge on any atom is -0.454 e. The maximum Gasteiger partial charge on any atom is 0.231 e. The van der Waals surface area contributed by atoms with Crippen molar-refractivity contribution < 1.29 is 14.3 Å². The van der Waals surface area contributed by atoms with E-state index in [0.29, 0.717) is 19.8 Å². The lowest BCUT2D eigenvalue weighted by molar-refractivity contribution is -0.133. The summed E-state index contributed by atoms with van der Waals surface area (Å²) in [7, 11) is 0. The van der Waals surface area contributed by atoms with Gasteiger partial charge in [0.1, 0.15) is 0 Å². The van der Waals surface area contributed by atoms with Crippen LogP contribution in [0.15, 0.2) is 36.7 Å². The smallest absolute Gasteiger partial charge is 0.231 e. The first-order chi connectivity index (χ1) is 12.3. The summed E-state index contributed by atoms with van der Waals surface area (Å²) in [5, 5.41) is 4.14. The summed E-state index contributed by atoms with van der Waals surface area (Å²) in [5.41, 5.74) is 1.21. The number of benzene rings is 1. The van der Waals surface area contributed by atoms with Gasteiger partial charge in [-0.2, -0.15) is 5.10 Å². The van der Waals surface area contributed by atoms with Gasteiger partial charge in [0.05, 0.1) is 0 Å². The summed E-state index contributed by atoms with van der Waals surface area (Å²) in [4.78, 5) is 16.6. The monoisotopic (exact) mass is 342 g/mol. The highest BCUT2D eigenvalue weighted by atomic mass is 16.7. The maximum atomic E-state index is 12.3. The standard InChI is InChI=1S/C18H22N4O3/c23-18(4-7-22-6-1-5-19-22)21-10-8-20(9-11-21)13-15-2-3-16-17(12-15)25-14-24-16/h1-3,5-6,12H,4,7-11,13-14H2. The molecule has 4 rings (SSSR count). The summed E-state index contributed by atoms with van der Waals surface area (Å²) in [6.07, 6.45) is 4.12. The third-order valence-electron chi connectivity index (χ3n) is 4.68. The lowest BCUT2D eigenvalue weighted by Crippen LogP contribution is -2.48. The number of carbonyl (C=O) groups excluding carboxylic acids is 1. The summed E-state index contributed by atoms with van der Waals surface area (Å²) >= 11 is 0. The number of piperazine rings is 1. The number of rotatable bonds is 5. The minimum atomic E-state index is 0.207. The van der Waals surface area contributed by atoms with E-state index in [0.717, 1.165) is 44.2 Å². The predicted octanol–water partition coefficient (Wildman–Crippen LogP) is 1.35. The molecule has 3 heterocycles. The Kier molecular flexibility index (Phi) is 4.56. The Balaban J connectivity index is 1.24. The van der Waals surface area contributed by atoms with Crippen molar-refractivity contribution in [3.8, 4) is 11.5 Å². The number of amides is 1. The Morgan fingerprint density at radius 3 is 2.76 bits per heavy atom. The van der Waals surface area contributed by atoms with E-state index in [9.17, 15) is 4.79 Å². The van der Waals surface area contributed by atoms with Gasteiger partial charge < -0.3 is 14.4 Å². The Morgan fingerprint density at radius 2 is 1.96 bits per heavy atom. The molecule has 2 aliphatic heterocycles. The van der Waals surface area contributed by atoms with Gasteiger partial charge in [-0.15, -0.1) is 0 Å². The molecule has 1 aromatic heterocycles. The molecule has 25 heavy (non-hydrogen) atoms. The first-order valence-electron chi connectivity index (χ1n) is 8.64. The van der Waals surface area contributed by atoms with E-state index in [2.05, 4.69) is 16.1 Å². The molecular weight excluding hydrogens is 320 g/mol. The van der Waals surface area contributed by atoms with Crippen LogP contribution in [0.25, 0.3) is 0 Å².